The minimum absolute atomic E-state index is 0.154. The van der Waals surface area contributed by atoms with E-state index in [1.807, 2.05) is 0 Å². The van der Waals surface area contributed by atoms with Gasteiger partial charge in [0.25, 0.3) is 0 Å². The molecule has 0 bridgehead atoms. The highest BCUT2D eigenvalue weighted by Crippen LogP contribution is 2.27. The summed E-state index contributed by atoms with van der Waals surface area (Å²) in [6.07, 6.45) is 13.5. The predicted octanol–water partition coefficient (Wildman–Crippen LogP) is 2.97. The van der Waals surface area contributed by atoms with Crippen LogP contribution in [0, 0.1) is 0 Å². The number of rotatable bonds is 17. The van der Waals surface area contributed by atoms with Gasteiger partial charge in [0.2, 0.25) is 0 Å². The van der Waals surface area contributed by atoms with Crippen molar-refractivity contribution in [3.63, 3.8) is 0 Å². The first kappa shape index (κ1) is 27.1. The molecule has 3 unspecified atom stereocenters. The number of nitrogens with zero attached hydrogens (tertiary/aromatic N) is 1. The van der Waals surface area contributed by atoms with Gasteiger partial charge in [0.05, 0.1) is 12.5 Å². The number of quaternary nitrogens is 1. The second-order valence-corrected chi connectivity index (χ2v) is 7.91. The number of carbonyl (C=O) groups is 3. The maximum atomic E-state index is 11.7. The van der Waals surface area contributed by atoms with Crippen molar-refractivity contribution in [2.45, 2.75) is 104 Å². The molecule has 0 radical (unpaired) electrons. The number of carboxylic acids is 3. The molecular weight excluding hydrogens is 374 g/mol. The van der Waals surface area contributed by atoms with E-state index in [1.54, 1.807) is 0 Å². The Hall–Kier alpha value is -1.89. The van der Waals surface area contributed by atoms with Gasteiger partial charge < -0.3 is 20.1 Å². The Kier molecular flexibility index (Phi) is 13.2. The predicted molar refractivity (Wildman–Crippen MR) is 110 cm³/mol. The van der Waals surface area contributed by atoms with Gasteiger partial charge in [-0.1, -0.05) is 44.8 Å². The lowest BCUT2D eigenvalue weighted by Crippen LogP contribution is -2.72. The molecule has 29 heavy (non-hydrogen) atoms. The van der Waals surface area contributed by atoms with E-state index in [-0.39, 0.29) is 6.54 Å². The Morgan fingerprint density at radius 3 is 1.66 bits per heavy atom. The molecule has 0 fully saturated rings. The largest absolute Gasteiger partial charge is 0.544 e. The van der Waals surface area contributed by atoms with Gasteiger partial charge in [-0.25, -0.2) is 9.59 Å². The molecule has 0 saturated heterocycles. The summed E-state index contributed by atoms with van der Waals surface area (Å²) in [5.74, 6) is -3.86. The normalized spacial score (nSPS) is 16.8. The van der Waals surface area contributed by atoms with Gasteiger partial charge in [0, 0.05) is 0 Å². The smallest absolute Gasteiger partial charge is 0.362 e. The highest BCUT2D eigenvalue weighted by atomic mass is 16.4. The topological polar surface area (TPSA) is 115 Å². The van der Waals surface area contributed by atoms with Crippen LogP contribution < -0.4 is 5.11 Å². The van der Waals surface area contributed by atoms with Crippen molar-refractivity contribution in [3.05, 3.63) is 12.2 Å². The van der Waals surface area contributed by atoms with Crippen LogP contribution in [0.25, 0.3) is 0 Å². The quantitative estimate of drug-likeness (QED) is 0.215. The molecule has 0 aliphatic carbocycles. The SMILES string of the molecule is CCCCCCC/C=C/CCCC[N+](C(C)C(=O)[O-])(C(C)C(=O)O)C(C)C(=O)O. The first-order chi connectivity index (χ1) is 13.6. The summed E-state index contributed by atoms with van der Waals surface area (Å²) >= 11 is 0. The fourth-order valence-electron chi connectivity index (χ4n) is 3.94. The fraction of sp³-hybridized carbons (Fsp3) is 0.773. The van der Waals surface area contributed by atoms with E-state index < -0.39 is 40.5 Å². The number of hydrogen-bond acceptors (Lipinski definition) is 4. The van der Waals surface area contributed by atoms with Crippen LogP contribution in [0.15, 0.2) is 12.2 Å². The molecular formula is C22H39NO6. The Bertz CT molecular complexity index is 495. The minimum Gasteiger partial charge on any atom is -0.544 e. The van der Waals surface area contributed by atoms with Crippen molar-refractivity contribution in [1.29, 1.82) is 0 Å². The summed E-state index contributed by atoms with van der Waals surface area (Å²) in [6, 6.07) is -3.59. The molecule has 0 aliphatic rings. The van der Waals surface area contributed by atoms with Crippen LogP contribution in [0.2, 0.25) is 0 Å². The Balaban J connectivity index is 4.92. The van der Waals surface area contributed by atoms with Crippen molar-refractivity contribution in [2.24, 2.45) is 0 Å². The van der Waals surface area contributed by atoms with E-state index in [4.69, 9.17) is 0 Å². The average molecular weight is 414 g/mol. The van der Waals surface area contributed by atoms with E-state index in [9.17, 15) is 29.7 Å². The molecule has 0 aromatic rings. The summed E-state index contributed by atoms with van der Waals surface area (Å²) in [5, 5.41) is 30.6. The van der Waals surface area contributed by atoms with Crippen molar-refractivity contribution in [3.8, 4) is 0 Å². The van der Waals surface area contributed by atoms with Gasteiger partial charge in [-0.05, 0) is 52.9 Å². The lowest BCUT2D eigenvalue weighted by atomic mass is 10.0. The summed E-state index contributed by atoms with van der Waals surface area (Å²) in [5.41, 5.74) is 0. The van der Waals surface area contributed by atoms with Crippen LogP contribution in [-0.4, -0.2) is 57.3 Å². The first-order valence-corrected chi connectivity index (χ1v) is 10.8. The van der Waals surface area contributed by atoms with Crippen LogP contribution in [0.4, 0.5) is 0 Å². The van der Waals surface area contributed by atoms with Crippen LogP contribution in [-0.2, 0) is 14.4 Å². The number of carbonyl (C=O) groups excluding carboxylic acids is 1. The molecule has 0 rings (SSSR count). The Labute approximate surface area is 175 Å². The van der Waals surface area contributed by atoms with Crippen LogP contribution >= 0.6 is 0 Å². The highest BCUT2D eigenvalue weighted by molar-refractivity contribution is 5.76. The molecule has 7 nitrogen and oxygen atoms in total. The van der Waals surface area contributed by atoms with Gasteiger partial charge in [0.1, 0.15) is 6.04 Å². The van der Waals surface area contributed by atoms with E-state index in [0.29, 0.717) is 6.42 Å². The second kappa shape index (κ2) is 14.1. The van der Waals surface area contributed by atoms with Gasteiger partial charge in [-0.15, -0.1) is 0 Å². The summed E-state index contributed by atoms with van der Waals surface area (Å²) in [4.78, 5) is 34.9. The molecule has 0 aliphatic heterocycles. The molecule has 3 atom stereocenters. The molecule has 0 saturated carbocycles. The van der Waals surface area contributed by atoms with E-state index in [2.05, 4.69) is 19.1 Å². The van der Waals surface area contributed by atoms with Crippen LogP contribution in [0.1, 0.15) is 85.5 Å². The first-order valence-electron chi connectivity index (χ1n) is 10.8. The average Bonchev–Trinajstić information content (AvgIpc) is 2.67. The van der Waals surface area contributed by atoms with Crippen molar-refractivity contribution >= 4 is 17.9 Å². The molecule has 0 amide bonds. The molecule has 7 heteroatoms. The highest BCUT2D eigenvalue weighted by Gasteiger charge is 2.50. The number of unbranched alkanes of at least 4 members (excludes halogenated alkanes) is 7. The number of aliphatic carboxylic acids is 3. The van der Waals surface area contributed by atoms with Crippen molar-refractivity contribution in [2.75, 3.05) is 6.54 Å². The summed E-state index contributed by atoms with van der Waals surface area (Å²) < 4.78 is -0.561. The molecule has 0 spiro atoms. The second-order valence-electron chi connectivity index (χ2n) is 7.91. The third kappa shape index (κ3) is 8.56. The molecule has 2 N–H and O–H groups in total. The van der Waals surface area contributed by atoms with E-state index in [0.717, 1.165) is 19.3 Å². The maximum absolute atomic E-state index is 11.7. The monoisotopic (exact) mass is 413 g/mol. The van der Waals surface area contributed by atoms with Crippen molar-refractivity contribution in [1.82, 2.24) is 0 Å². The molecule has 0 aromatic carbocycles. The van der Waals surface area contributed by atoms with Crippen molar-refractivity contribution < 1.29 is 34.2 Å². The zero-order chi connectivity index (χ0) is 22.4. The van der Waals surface area contributed by atoms with E-state index in [1.165, 1.54) is 52.9 Å². The Morgan fingerprint density at radius 1 is 0.793 bits per heavy atom. The minimum atomic E-state index is -1.44. The molecule has 168 valence electrons. The number of hydrogen-bond donors (Lipinski definition) is 2. The van der Waals surface area contributed by atoms with E-state index >= 15 is 0 Å². The third-order valence-electron chi connectivity index (χ3n) is 6.03. The van der Waals surface area contributed by atoms with Gasteiger partial charge in [-0.3, -0.25) is 4.48 Å². The lowest BCUT2D eigenvalue weighted by molar-refractivity contribution is -0.969. The lowest BCUT2D eigenvalue weighted by Gasteiger charge is -2.49. The fourth-order valence-corrected chi connectivity index (χ4v) is 3.94. The van der Waals surface area contributed by atoms with Gasteiger partial charge >= 0.3 is 11.9 Å². The standard InChI is InChI=1S/C22H39NO6/c1-5-6-7-8-9-10-11-12-13-14-15-16-23(17(2)20(24)25,18(3)21(26)27)19(4)22(28)29/h11-12,17-19H,5-10,13-16H2,1-4H3,(H2-,24,25,26,27,28,29)/b12-11+. The summed E-state index contributed by atoms with van der Waals surface area (Å²) in [7, 11) is 0. The Morgan fingerprint density at radius 2 is 1.24 bits per heavy atom. The van der Waals surface area contributed by atoms with Crippen LogP contribution in [0.5, 0.6) is 0 Å². The zero-order valence-electron chi connectivity index (χ0n) is 18.4. The van der Waals surface area contributed by atoms with Gasteiger partial charge in [0.15, 0.2) is 12.1 Å². The third-order valence-corrected chi connectivity index (χ3v) is 6.03. The molecule has 0 aromatic heterocycles. The van der Waals surface area contributed by atoms with Gasteiger partial charge in [-0.2, -0.15) is 0 Å². The maximum Gasteiger partial charge on any atom is 0.362 e. The van der Waals surface area contributed by atoms with Crippen LogP contribution in [0.3, 0.4) is 0 Å². The number of allylic oxidation sites excluding steroid dienone is 2. The number of carboxylic acid groups (broad SMARTS) is 3. The molecule has 0 heterocycles. The summed E-state index contributed by atoms with van der Waals surface area (Å²) in [6.45, 7) is 6.43. The zero-order valence-corrected chi connectivity index (χ0v) is 18.4.